The molecule has 7 nitrogen and oxygen atoms in total. The van der Waals surface area contributed by atoms with Crippen LogP contribution in [0, 0.1) is 0 Å². The van der Waals surface area contributed by atoms with Gasteiger partial charge in [0.25, 0.3) is 0 Å². The van der Waals surface area contributed by atoms with Gasteiger partial charge in [-0.05, 0) is 29.7 Å². The highest BCUT2D eigenvalue weighted by atomic mass is 16.5. The van der Waals surface area contributed by atoms with Crippen LogP contribution < -0.4 is 4.74 Å². The molecule has 2 aromatic carbocycles. The lowest BCUT2D eigenvalue weighted by Crippen LogP contribution is -2.46. The zero-order chi connectivity index (χ0) is 21.9. The van der Waals surface area contributed by atoms with Crippen molar-refractivity contribution < 1.29 is 29.2 Å². The van der Waals surface area contributed by atoms with Crippen LogP contribution in [0.25, 0.3) is 0 Å². The van der Waals surface area contributed by atoms with Crippen molar-refractivity contribution in [3.63, 3.8) is 0 Å². The summed E-state index contributed by atoms with van der Waals surface area (Å²) < 4.78 is 17.2. The molecule has 168 valence electrons. The fourth-order valence-electron chi connectivity index (χ4n) is 3.77. The number of hydrogen-bond acceptors (Lipinski definition) is 5. The third kappa shape index (κ3) is 7.24. The summed E-state index contributed by atoms with van der Waals surface area (Å²) in [6.07, 6.45) is 0.277. The van der Waals surface area contributed by atoms with E-state index in [-0.39, 0.29) is 25.2 Å². The second kappa shape index (κ2) is 12.3. The molecule has 1 aliphatic rings. The quantitative estimate of drug-likeness (QED) is 0.532. The smallest absolute Gasteiger partial charge is 0.407 e. The zero-order valence-electron chi connectivity index (χ0n) is 17.7. The van der Waals surface area contributed by atoms with Crippen molar-refractivity contribution in [1.82, 2.24) is 4.90 Å². The van der Waals surface area contributed by atoms with Crippen LogP contribution in [0.15, 0.2) is 54.6 Å². The molecule has 2 unspecified atom stereocenters. The number of hydrogen-bond donors (Lipinski definition) is 2. The molecule has 31 heavy (non-hydrogen) atoms. The Kier molecular flexibility index (Phi) is 9.15. The van der Waals surface area contributed by atoms with Crippen LogP contribution >= 0.6 is 0 Å². The zero-order valence-corrected chi connectivity index (χ0v) is 17.7. The summed E-state index contributed by atoms with van der Waals surface area (Å²) in [6.45, 7) is 2.71. The first-order valence-corrected chi connectivity index (χ1v) is 10.7. The Hall–Kier alpha value is -2.61. The predicted octanol–water partition coefficient (Wildman–Crippen LogP) is 3.52. The van der Waals surface area contributed by atoms with E-state index < -0.39 is 6.09 Å². The molecule has 1 saturated heterocycles. The molecule has 0 radical (unpaired) electrons. The Morgan fingerprint density at radius 2 is 1.81 bits per heavy atom. The van der Waals surface area contributed by atoms with E-state index in [1.807, 2.05) is 54.6 Å². The summed E-state index contributed by atoms with van der Waals surface area (Å²) in [5.74, 6) is 0.880. The van der Waals surface area contributed by atoms with Gasteiger partial charge in [0.05, 0.1) is 45.7 Å². The number of nitrogens with zero attached hydrogens (tertiary/aromatic N) is 1. The minimum absolute atomic E-state index is 0.0852. The molecule has 1 aliphatic heterocycles. The van der Waals surface area contributed by atoms with Crippen molar-refractivity contribution in [2.75, 3.05) is 39.5 Å². The van der Waals surface area contributed by atoms with Gasteiger partial charge in [-0.2, -0.15) is 0 Å². The number of aliphatic hydroxyl groups excluding tert-OH is 1. The highest BCUT2D eigenvalue weighted by Crippen LogP contribution is 2.31. The molecule has 0 bridgehead atoms. The van der Waals surface area contributed by atoms with E-state index in [0.29, 0.717) is 39.3 Å². The number of likely N-dealkylation sites (tertiary alicyclic amines) is 1. The van der Waals surface area contributed by atoms with Crippen LogP contribution in [0.5, 0.6) is 5.75 Å². The number of carbonyl (C=O) groups is 1. The summed E-state index contributed by atoms with van der Waals surface area (Å²) >= 11 is 0. The van der Waals surface area contributed by atoms with Gasteiger partial charge in [-0.15, -0.1) is 0 Å². The van der Waals surface area contributed by atoms with E-state index in [4.69, 9.17) is 19.3 Å². The molecule has 0 aliphatic carbocycles. The van der Waals surface area contributed by atoms with Crippen molar-refractivity contribution in [2.24, 2.45) is 0 Å². The summed E-state index contributed by atoms with van der Waals surface area (Å²) in [7, 11) is 0. The Labute approximate surface area is 183 Å². The average molecular weight is 430 g/mol. The molecular weight excluding hydrogens is 398 g/mol. The molecule has 0 saturated carbocycles. The predicted molar refractivity (Wildman–Crippen MR) is 116 cm³/mol. The second-order valence-corrected chi connectivity index (χ2v) is 7.57. The number of ether oxygens (including phenoxy) is 3. The lowest BCUT2D eigenvalue weighted by Gasteiger charge is -2.37. The lowest BCUT2D eigenvalue weighted by molar-refractivity contribution is -0.0234. The van der Waals surface area contributed by atoms with Gasteiger partial charge in [-0.3, -0.25) is 0 Å². The molecule has 7 heteroatoms. The number of benzene rings is 2. The fraction of sp³-hybridized carbons (Fsp3) is 0.458. The molecule has 2 atom stereocenters. The van der Waals surface area contributed by atoms with Gasteiger partial charge in [-0.1, -0.05) is 42.5 Å². The fourth-order valence-corrected chi connectivity index (χ4v) is 3.77. The Morgan fingerprint density at radius 1 is 1.03 bits per heavy atom. The first-order chi connectivity index (χ1) is 15.2. The van der Waals surface area contributed by atoms with E-state index in [1.54, 1.807) is 0 Å². The topological polar surface area (TPSA) is 88.5 Å². The summed E-state index contributed by atoms with van der Waals surface area (Å²) in [4.78, 5) is 12.7. The Morgan fingerprint density at radius 3 is 2.52 bits per heavy atom. The highest BCUT2D eigenvalue weighted by molar-refractivity contribution is 5.65. The molecule has 0 spiro atoms. The van der Waals surface area contributed by atoms with Crippen molar-refractivity contribution in [2.45, 2.75) is 31.5 Å². The van der Waals surface area contributed by atoms with Crippen LogP contribution in [0.3, 0.4) is 0 Å². The van der Waals surface area contributed by atoms with Gasteiger partial charge in [0.1, 0.15) is 5.75 Å². The van der Waals surface area contributed by atoms with E-state index in [0.717, 1.165) is 23.3 Å². The summed E-state index contributed by atoms with van der Waals surface area (Å²) in [5, 5.41) is 18.3. The molecule has 0 aromatic heterocycles. The Balaban J connectivity index is 1.43. The maximum Gasteiger partial charge on any atom is 0.407 e. The standard InChI is InChI=1S/C24H31NO6/c26-13-16-31-23-17-25(24(27)28)12-11-22(23)20-7-9-21(10-8-20)30-15-4-14-29-18-19-5-2-1-3-6-19/h1-3,5-10,22-23,26H,4,11-18H2,(H,27,28). The SMILES string of the molecule is O=C(O)N1CCC(c2ccc(OCCCOCc3ccccc3)cc2)C(OCCO)C1. The van der Waals surface area contributed by atoms with Crippen LogP contribution in [-0.4, -0.2) is 66.8 Å². The van der Waals surface area contributed by atoms with E-state index in [9.17, 15) is 9.90 Å². The van der Waals surface area contributed by atoms with E-state index in [2.05, 4.69) is 0 Å². The minimum Gasteiger partial charge on any atom is -0.494 e. The average Bonchev–Trinajstić information content (AvgIpc) is 2.81. The third-order valence-electron chi connectivity index (χ3n) is 5.37. The normalized spacial score (nSPS) is 18.7. The van der Waals surface area contributed by atoms with Gasteiger partial charge < -0.3 is 29.3 Å². The van der Waals surface area contributed by atoms with Gasteiger partial charge in [-0.25, -0.2) is 4.79 Å². The number of piperidine rings is 1. The summed E-state index contributed by atoms with van der Waals surface area (Å²) in [5.41, 5.74) is 2.25. The molecule has 3 rings (SSSR count). The van der Waals surface area contributed by atoms with E-state index >= 15 is 0 Å². The van der Waals surface area contributed by atoms with Gasteiger partial charge in [0, 0.05) is 18.9 Å². The number of carboxylic acid groups (broad SMARTS) is 1. The first kappa shape index (κ1) is 23.1. The highest BCUT2D eigenvalue weighted by Gasteiger charge is 2.33. The number of aliphatic hydroxyl groups is 1. The number of rotatable bonds is 11. The van der Waals surface area contributed by atoms with Crippen LogP contribution in [0.1, 0.15) is 29.9 Å². The van der Waals surface area contributed by atoms with Crippen molar-refractivity contribution in [3.8, 4) is 5.75 Å². The largest absolute Gasteiger partial charge is 0.494 e. The van der Waals surface area contributed by atoms with Crippen molar-refractivity contribution in [3.05, 3.63) is 65.7 Å². The van der Waals surface area contributed by atoms with Crippen LogP contribution in [-0.2, 0) is 16.1 Å². The van der Waals surface area contributed by atoms with Crippen LogP contribution in [0.4, 0.5) is 4.79 Å². The number of amides is 1. The summed E-state index contributed by atoms with van der Waals surface area (Å²) in [6, 6.07) is 18.0. The van der Waals surface area contributed by atoms with Crippen molar-refractivity contribution >= 4 is 6.09 Å². The van der Waals surface area contributed by atoms with Gasteiger partial charge in [0.15, 0.2) is 0 Å². The lowest BCUT2D eigenvalue weighted by atomic mass is 9.87. The molecule has 1 fully saturated rings. The molecular formula is C24H31NO6. The Bertz CT molecular complexity index is 782. The van der Waals surface area contributed by atoms with Crippen molar-refractivity contribution in [1.29, 1.82) is 0 Å². The molecule has 1 heterocycles. The molecule has 1 amide bonds. The van der Waals surface area contributed by atoms with Crippen LogP contribution in [0.2, 0.25) is 0 Å². The molecule has 2 aromatic rings. The maximum atomic E-state index is 11.3. The second-order valence-electron chi connectivity index (χ2n) is 7.57. The van der Waals surface area contributed by atoms with E-state index in [1.165, 1.54) is 4.90 Å². The monoisotopic (exact) mass is 429 g/mol. The maximum absolute atomic E-state index is 11.3. The first-order valence-electron chi connectivity index (χ1n) is 10.7. The van der Waals surface area contributed by atoms with Gasteiger partial charge in [0.2, 0.25) is 0 Å². The minimum atomic E-state index is -0.937. The van der Waals surface area contributed by atoms with Gasteiger partial charge >= 0.3 is 6.09 Å². The molecule has 2 N–H and O–H groups in total. The third-order valence-corrected chi connectivity index (χ3v) is 5.37.